The molecule has 0 aliphatic heterocycles. The minimum Gasteiger partial charge on any atom is -0.264 e. The first-order chi connectivity index (χ1) is 23.2. The zero-order valence-electron chi connectivity index (χ0n) is 26.1. The number of hydrogen-bond acceptors (Lipinski definition) is 1. The van der Waals surface area contributed by atoms with Gasteiger partial charge in [-0.25, -0.2) is 0 Å². The Hall–Kier alpha value is -6.05. The monoisotopic (exact) mass is 597 g/mol. The van der Waals surface area contributed by atoms with Crippen molar-refractivity contribution in [1.82, 2.24) is 4.98 Å². The summed E-state index contributed by atoms with van der Waals surface area (Å²) in [6.07, 6.45) is 3.81. The molecule has 0 unspecified atom stereocenters. The smallest absolute Gasteiger partial charge is 0.0349 e. The summed E-state index contributed by atoms with van der Waals surface area (Å²) in [6, 6.07) is 58.0. The van der Waals surface area contributed by atoms with Crippen LogP contribution in [-0.2, 0) is 0 Å². The Bertz CT molecular complexity index is 2630. The topological polar surface area (TPSA) is 12.9 Å². The van der Waals surface area contributed by atoms with Gasteiger partial charge in [0.1, 0.15) is 0 Å². The summed E-state index contributed by atoms with van der Waals surface area (Å²) in [5, 5.41) is 10.0. The molecule has 0 spiro atoms. The molecule has 0 aliphatic carbocycles. The highest BCUT2D eigenvalue weighted by Crippen LogP contribution is 2.45. The van der Waals surface area contributed by atoms with Gasteiger partial charge in [-0.05, 0) is 119 Å². The molecule has 0 atom stereocenters. The fourth-order valence-electron chi connectivity index (χ4n) is 7.28. The maximum atomic E-state index is 4.37. The van der Waals surface area contributed by atoms with Gasteiger partial charge in [0.25, 0.3) is 0 Å². The first-order valence-electron chi connectivity index (χ1n) is 16.2. The highest BCUT2D eigenvalue weighted by molar-refractivity contribution is 6.22. The average molecular weight is 598 g/mol. The van der Waals surface area contributed by atoms with Gasteiger partial charge in [-0.1, -0.05) is 133 Å². The molecule has 0 fully saturated rings. The molecule has 0 saturated carbocycles. The van der Waals surface area contributed by atoms with Crippen LogP contribution in [0, 0.1) is 6.92 Å². The van der Waals surface area contributed by atoms with Gasteiger partial charge in [0, 0.05) is 18.0 Å². The van der Waals surface area contributed by atoms with Gasteiger partial charge >= 0.3 is 0 Å². The molecule has 8 aromatic carbocycles. The second-order valence-corrected chi connectivity index (χ2v) is 12.4. The number of nitrogens with zero attached hydrogens (tertiary/aromatic N) is 1. The zero-order valence-corrected chi connectivity index (χ0v) is 26.1. The predicted molar refractivity (Wildman–Crippen MR) is 201 cm³/mol. The molecule has 220 valence electrons. The number of pyridine rings is 1. The van der Waals surface area contributed by atoms with Crippen LogP contribution in [0.2, 0.25) is 0 Å². The molecular formula is C46H31N. The van der Waals surface area contributed by atoms with Crippen molar-refractivity contribution in [3.63, 3.8) is 0 Å². The van der Waals surface area contributed by atoms with Crippen molar-refractivity contribution in [1.29, 1.82) is 0 Å². The van der Waals surface area contributed by atoms with Crippen LogP contribution in [0.4, 0.5) is 0 Å². The number of aromatic nitrogens is 1. The first-order valence-corrected chi connectivity index (χ1v) is 16.2. The molecule has 0 bridgehead atoms. The Labute approximate surface area is 274 Å². The molecule has 9 rings (SSSR count). The Kier molecular flexibility index (Phi) is 6.43. The molecule has 1 heteroatoms. The summed E-state index contributed by atoms with van der Waals surface area (Å²) in [6.45, 7) is 2.14. The summed E-state index contributed by atoms with van der Waals surface area (Å²) in [4.78, 5) is 4.37. The molecule has 1 heterocycles. The van der Waals surface area contributed by atoms with Crippen LogP contribution >= 0.6 is 0 Å². The van der Waals surface area contributed by atoms with Crippen molar-refractivity contribution in [3.05, 3.63) is 176 Å². The van der Waals surface area contributed by atoms with E-state index in [1.54, 1.807) is 0 Å². The second kappa shape index (κ2) is 11.1. The van der Waals surface area contributed by atoms with Crippen molar-refractivity contribution in [2.75, 3.05) is 0 Å². The van der Waals surface area contributed by atoms with Crippen LogP contribution in [0.25, 0.3) is 87.6 Å². The number of hydrogen-bond donors (Lipinski definition) is 0. The van der Waals surface area contributed by atoms with E-state index in [4.69, 9.17) is 0 Å². The fourth-order valence-corrected chi connectivity index (χ4v) is 7.28. The van der Waals surface area contributed by atoms with Crippen LogP contribution in [0.15, 0.2) is 170 Å². The van der Waals surface area contributed by atoms with E-state index < -0.39 is 0 Å². The third kappa shape index (κ3) is 4.67. The highest BCUT2D eigenvalue weighted by Gasteiger charge is 2.18. The van der Waals surface area contributed by atoms with Crippen LogP contribution in [-0.4, -0.2) is 4.98 Å². The van der Waals surface area contributed by atoms with Crippen molar-refractivity contribution in [2.24, 2.45) is 0 Å². The largest absolute Gasteiger partial charge is 0.264 e. The van der Waals surface area contributed by atoms with E-state index in [0.29, 0.717) is 0 Å². The van der Waals surface area contributed by atoms with E-state index >= 15 is 0 Å². The maximum absolute atomic E-state index is 4.37. The van der Waals surface area contributed by atoms with E-state index in [0.717, 1.165) is 0 Å². The van der Waals surface area contributed by atoms with E-state index in [-0.39, 0.29) is 0 Å². The number of benzene rings is 8. The van der Waals surface area contributed by atoms with Crippen molar-refractivity contribution in [2.45, 2.75) is 6.92 Å². The van der Waals surface area contributed by atoms with E-state index in [1.807, 2.05) is 12.4 Å². The van der Waals surface area contributed by atoms with E-state index in [2.05, 4.69) is 170 Å². The third-order valence-electron chi connectivity index (χ3n) is 9.67. The minimum atomic E-state index is 1.17. The van der Waals surface area contributed by atoms with Crippen molar-refractivity contribution < 1.29 is 0 Å². The van der Waals surface area contributed by atoms with Gasteiger partial charge in [-0.15, -0.1) is 0 Å². The second-order valence-electron chi connectivity index (χ2n) is 12.4. The highest BCUT2D eigenvalue weighted by atomic mass is 14.6. The molecule has 1 nitrogen and oxygen atoms in total. The van der Waals surface area contributed by atoms with Gasteiger partial charge in [-0.3, -0.25) is 4.98 Å². The fraction of sp³-hybridized carbons (Fsp3) is 0.0217. The molecule has 1 aromatic heterocycles. The molecular weight excluding hydrogens is 567 g/mol. The number of rotatable bonds is 4. The summed E-state index contributed by atoms with van der Waals surface area (Å²) in [7, 11) is 0. The summed E-state index contributed by atoms with van der Waals surface area (Å²) >= 11 is 0. The lowest BCUT2D eigenvalue weighted by molar-refractivity contribution is 1.29. The summed E-state index contributed by atoms with van der Waals surface area (Å²) in [5.74, 6) is 0. The third-order valence-corrected chi connectivity index (χ3v) is 9.67. The van der Waals surface area contributed by atoms with Crippen LogP contribution in [0.5, 0.6) is 0 Å². The molecule has 0 amide bonds. The van der Waals surface area contributed by atoms with Gasteiger partial charge in [0.15, 0.2) is 0 Å². The van der Waals surface area contributed by atoms with Crippen molar-refractivity contribution in [3.8, 4) is 44.5 Å². The normalized spacial score (nSPS) is 11.5. The number of aryl methyl sites for hydroxylation is 1. The van der Waals surface area contributed by atoms with Gasteiger partial charge in [-0.2, -0.15) is 0 Å². The average Bonchev–Trinajstić information content (AvgIpc) is 3.13. The van der Waals surface area contributed by atoms with E-state index in [9.17, 15) is 0 Å². The lowest BCUT2D eigenvalue weighted by Crippen LogP contribution is -1.92. The predicted octanol–water partition coefficient (Wildman–Crippen LogP) is 12.7. The van der Waals surface area contributed by atoms with Crippen LogP contribution in [0.1, 0.15) is 5.56 Å². The SMILES string of the molecule is Cc1ccncc1-c1ccc(-c2ccc3c(-c4ccc5ccccc5c4)c4ccccc4c(-c4ccc5ccccc5c4)c3c2)cc1. The molecule has 0 N–H and O–H groups in total. The quantitative estimate of drug-likeness (QED) is 0.184. The van der Waals surface area contributed by atoms with Crippen molar-refractivity contribution >= 4 is 43.1 Å². The van der Waals surface area contributed by atoms with Crippen LogP contribution < -0.4 is 0 Å². The lowest BCUT2D eigenvalue weighted by Gasteiger charge is -2.19. The Morgan fingerprint density at radius 2 is 0.851 bits per heavy atom. The van der Waals surface area contributed by atoms with E-state index in [1.165, 1.54) is 93.2 Å². The summed E-state index contributed by atoms with van der Waals surface area (Å²) < 4.78 is 0. The molecule has 9 aromatic rings. The summed E-state index contributed by atoms with van der Waals surface area (Å²) in [5.41, 5.74) is 11.0. The molecule has 0 aliphatic rings. The maximum Gasteiger partial charge on any atom is 0.0349 e. The molecule has 47 heavy (non-hydrogen) atoms. The Balaban J connectivity index is 1.32. The lowest BCUT2D eigenvalue weighted by atomic mass is 9.84. The zero-order chi connectivity index (χ0) is 31.3. The van der Waals surface area contributed by atoms with Crippen LogP contribution in [0.3, 0.4) is 0 Å². The minimum absolute atomic E-state index is 1.17. The number of fused-ring (bicyclic) bond motifs is 4. The molecule has 0 saturated heterocycles. The van der Waals surface area contributed by atoms with Gasteiger partial charge in [0.05, 0.1) is 0 Å². The molecule has 0 radical (unpaired) electrons. The standard InChI is InChI=1S/C46H31N/c1-30-24-25-47-29-44(30)34-18-14-33(15-19-34)37-22-23-42-43(28-37)46(39-21-17-32-9-3-5-11-36(32)27-39)41-13-7-6-12-40(41)45(42)38-20-16-31-8-2-4-10-35(31)26-38/h2-29H,1H3. The Morgan fingerprint density at radius 1 is 0.362 bits per heavy atom. The Morgan fingerprint density at radius 3 is 1.47 bits per heavy atom. The van der Waals surface area contributed by atoms with Gasteiger partial charge < -0.3 is 0 Å². The van der Waals surface area contributed by atoms with Gasteiger partial charge in [0.2, 0.25) is 0 Å². The first kappa shape index (κ1) is 27.3.